The predicted octanol–water partition coefficient (Wildman–Crippen LogP) is 1.13. The summed E-state index contributed by atoms with van der Waals surface area (Å²) in [4.78, 5) is 12.7. The minimum absolute atomic E-state index is 0.106. The average molecular weight is 392 g/mol. The van der Waals surface area contributed by atoms with Crippen LogP contribution < -0.4 is 5.32 Å². The molecule has 1 aromatic carbocycles. The predicted molar refractivity (Wildman–Crippen MR) is 101 cm³/mol. The van der Waals surface area contributed by atoms with E-state index in [1.165, 1.54) is 18.4 Å². The summed E-state index contributed by atoms with van der Waals surface area (Å²) in [6.07, 6.45) is 0.701. The van der Waals surface area contributed by atoms with Crippen molar-refractivity contribution in [3.63, 3.8) is 0 Å². The van der Waals surface area contributed by atoms with Gasteiger partial charge < -0.3 is 9.84 Å². The number of carbonyl (C=O) groups is 1. The highest BCUT2D eigenvalue weighted by Gasteiger charge is 2.48. The lowest BCUT2D eigenvalue weighted by Crippen LogP contribution is -2.45. The molecule has 0 saturated carbocycles. The van der Waals surface area contributed by atoms with Crippen LogP contribution in [0.2, 0.25) is 0 Å². The lowest BCUT2D eigenvalue weighted by atomic mass is 9.81. The molecule has 1 amide bonds. The molecule has 3 rings (SSSR count). The van der Waals surface area contributed by atoms with Gasteiger partial charge >= 0.3 is 0 Å². The van der Waals surface area contributed by atoms with Crippen LogP contribution in [0.15, 0.2) is 40.9 Å². The summed E-state index contributed by atoms with van der Waals surface area (Å²) in [5, 5.41) is 6.77. The van der Waals surface area contributed by atoms with Gasteiger partial charge in [-0.15, -0.1) is 0 Å². The molecule has 8 nitrogen and oxygen atoms in total. The second kappa shape index (κ2) is 7.41. The van der Waals surface area contributed by atoms with Crippen molar-refractivity contribution in [1.82, 2.24) is 19.1 Å². The van der Waals surface area contributed by atoms with Crippen LogP contribution in [-0.2, 0) is 21.4 Å². The monoisotopic (exact) mass is 392 g/mol. The highest BCUT2D eigenvalue weighted by molar-refractivity contribution is 7.86. The summed E-state index contributed by atoms with van der Waals surface area (Å²) in [5.41, 5.74) is 0.726. The third kappa shape index (κ3) is 3.76. The van der Waals surface area contributed by atoms with Crippen molar-refractivity contribution in [2.45, 2.75) is 12.8 Å². The average Bonchev–Trinajstić information content (AvgIpc) is 3.30. The lowest BCUT2D eigenvalue weighted by Gasteiger charge is -2.27. The number of amides is 1. The largest absolute Gasteiger partial charge is 0.361 e. The molecular weight excluding hydrogens is 368 g/mol. The minimum atomic E-state index is -3.58. The van der Waals surface area contributed by atoms with Gasteiger partial charge in [0.05, 0.1) is 5.41 Å². The molecule has 1 fully saturated rings. The molecule has 2 aromatic rings. The van der Waals surface area contributed by atoms with E-state index in [-0.39, 0.29) is 25.4 Å². The van der Waals surface area contributed by atoms with Gasteiger partial charge in [-0.1, -0.05) is 35.5 Å². The van der Waals surface area contributed by atoms with E-state index < -0.39 is 15.6 Å². The van der Waals surface area contributed by atoms with Crippen molar-refractivity contribution < 1.29 is 17.7 Å². The van der Waals surface area contributed by atoms with Crippen LogP contribution in [0.3, 0.4) is 0 Å². The van der Waals surface area contributed by atoms with E-state index in [1.807, 2.05) is 36.4 Å². The van der Waals surface area contributed by atoms with Crippen LogP contribution >= 0.6 is 0 Å². The van der Waals surface area contributed by atoms with Crippen LogP contribution in [0.25, 0.3) is 11.3 Å². The van der Waals surface area contributed by atoms with Crippen molar-refractivity contribution in [2.24, 2.45) is 5.41 Å². The maximum atomic E-state index is 12.7. The quantitative estimate of drug-likeness (QED) is 0.795. The van der Waals surface area contributed by atoms with E-state index in [9.17, 15) is 13.2 Å². The van der Waals surface area contributed by atoms with Crippen molar-refractivity contribution in [1.29, 1.82) is 0 Å². The van der Waals surface area contributed by atoms with Crippen LogP contribution in [0, 0.1) is 5.41 Å². The third-order valence-electron chi connectivity index (χ3n) is 4.96. The fourth-order valence-corrected chi connectivity index (χ4v) is 4.61. The van der Waals surface area contributed by atoms with Crippen molar-refractivity contribution in [3.8, 4) is 11.3 Å². The van der Waals surface area contributed by atoms with E-state index in [4.69, 9.17) is 4.52 Å². The molecule has 1 aromatic heterocycles. The zero-order valence-electron chi connectivity index (χ0n) is 15.7. The zero-order chi connectivity index (χ0) is 19.7. The molecule has 0 aliphatic carbocycles. The van der Waals surface area contributed by atoms with Gasteiger partial charge in [0.1, 0.15) is 11.5 Å². The van der Waals surface area contributed by atoms with Crippen LogP contribution in [0.5, 0.6) is 0 Å². The molecule has 1 N–H and O–H groups in total. The smallest absolute Gasteiger partial charge is 0.281 e. The summed E-state index contributed by atoms with van der Waals surface area (Å²) in [6.45, 7) is 0.391. The normalized spacial score (nSPS) is 20.9. The summed E-state index contributed by atoms with van der Waals surface area (Å²) < 4.78 is 32.9. The van der Waals surface area contributed by atoms with Gasteiger partial charge in [0.15, 0.2) is 0 Å². The Morgan fingerprint density at radius 2 is 2.04 bits per heavy atom. The minimum Gasteiger partial charge on any atom is -0.361 e. The molecule has 0 radical (unpaired) electrons. The fourth-order valence-electron chi connectivity index (χ4n) is 3.41. The summed E-state index contributed by atoms with van der Waals surface area (Å²) in [7, 11) is 0.947. The van der Waals surface area contributed by atoms with Crippen molar-refractivity contribution in [2.75, 3.05) is 34.2 Å². The van der Waals surface area contributed by atoms with E-state index in [1.54, 1.807) is 7.05 Å². The number of nitrogens with zero attached hydrogens (tertiary/aromatic N) is 3. The third-order valence-corrected chi connectivity index (χ3v) is 6.84. The number of hydrogen-bond donors (Lipinski definition) is 1. The van der Waals surface area contributed by atoms with Crippen molar-refractivity contribution >= 4 is 16.1 Å². The number of hydrogen-bond acceptors (Lipinski definition) is 5. The second-order valence-corrected chi connectivity index (χ2v) is 9.10. The Balaban J connectivity index is 1.85. The lowest BCUT2D eigenvalue weighted by molar-refractivity contribution is -0.130. The van der Waals surface area contributed by atoms with Crippen LogP contribution in [-0.4, -0.2) is 62.3 Å². The van der Waals surface area contributed by atoms with E-state index in [2.05, 4.69) is 10.5 Å². The Labute approximate surface area is 159 Å². The van der Waals surface area contributed by atoms with Gasteiger partial charge in [-0.2, -0.15) is 17.0 Å². The first-order valence-corrected chi connectivity index (χ1v) is 10.1. The molecule has 9 heteroatoms. The first-order chi connectivity index (χ1) is 12.8. The molecule has 0 unspecified atom stereocenters. The van der Waals surface area contributed by atoms with E-state index >= 15 is 0 Å². The highest BCUT2D eigenvalue weighted by atomic mass is 32.2. The van der Waals surface area contributed by atoms with Gasteiger partial charge in [-0.3, -0.25) is 4.79 Å². The number of carbonyl (C=O) groups excluding carboxylic acids is 1. The standard InChI is InChI=1S/C18H24N4O4S/c1-19-17(23)18(9-10-22(13-18)27(24,25)21(2)3)12-15-11-16(20-26-15)14-7-5-4-6-8-14/h4-8,11H,9-10,12-13H2,1-3H3,(H,19,23)/t18-/m0/s1. The van der Waals surface area contributed by atoms with Gasteiger partial charge in [0.2, 0.25) is 5.91 Å². The summed E-state index contributed by atoms with van der Waals surface area (Å²) in [5.74, 6) is 0.359. The number of benzene rings is 1. The Hall–Kier alpha value is -2.23. The first kappa shape index (κ1) is 19.5. The van der Waals surface area contributed by atoms with Crippen LogP contribution in [0.4, 0.5) is 0 Å². The summed E-state index contributed by atoms with van der Waals surface area (Å²) >= 11 is 0. The number of rotatable bonds is 6. The fraction of sp³-hybridized carbons (Fsp3) is 0.444. The molecule has 0 bridgehead atoms. The topological polar surface area (TPSA) is 95.7 Å². The van der Waals surface area contributed by atoms with E-state index in [0.717, 1.165) is 9.87 Å². The highest BCUT2D eigenvalue weighted by Crippen LogP contribution is 2.37. The molecule has 2 heterocycles. The molecule has 1 aliphatic heterocycles. The Bertz CT molecular complexity index is 910. The molecule has 1 saturated heterocycles. The molecule has 146 valence electrons. The first-order valence-electron chi connectivity index (χ1n) is 8.69. The molecule has 1 atom stereocenters. The van der Waals surface area contributed by atoms with Crippen LogP contribution in [0.1, 0.15) is 12.2 Å². The Morgan fingerprint density at radius 3 is 2.67 bits per heavy atom. The number of nitrogens with one attached hydrogen (secondary N) is 1. The van der Waals surface area contributed by atoms with Gasteiger partial charge in [0.25, 0.3) is 10.2 Å². The van der Waals surface area contributed by atoms with E-state index in [0.29, 0.717) is 17.9 Å². The second-order valence-electron chi connectivity index (χ2n) is 6.95. The maximum absolute atomic E-state index is 12.7. The molecule has 27 heavy (non-hydrogen) atoms. The Morgan fingerprint density at radius 1 is 1.33 bits per heavy atom. The van der Waals surface area contributed by atoms with Gasteiger partial charge in [-0.05, 0) is 6.42 Å². The Kier molecular flexibility index (Phi) is 5.36. The molecular formula is C18H24N4O4S. The molecule has 1 aliphatic rings. The summed E-state index contributed by atoms with van der Waals surface area (Å²) in [6, 6.07) is 11.4. The number of aromatic nitrogens is 1. The SMILES string of the molecule is CNC(=O)[C@]1(Cc2cc(-c3ccccc3)no2)CCN(S(=O)(=O)N(C)C)C1. The van der Waals surface area contributed by atoms with Gasteiger partial charge in [0, 0.05) is 52.3 Å². The molecule has 0 spiro atoms. The van der Waals surface area contributed by atoms with Gasteiger partial charge in [-0.25, -0.2) is 0 Å². The van der Waals surface area contributed by atoms with Crippen molar-refractivity contribution in [3.05, 3.63) is 42.2 Å². The maximum Gasteiger partial charge on any atom is 0.281 e. The zero-order valence-corrected chi connectivity index (χ0v) is 16.5.